The van der Waals surface area contributed by atoms with Crippen LogP contribution in [0.5, 0.6) is 5.75 Å². The van der Waals surface area contributed by atoms with E-state index < -0.39 is 0 Å². The van der Waals surface area contributed by atoms with Crippen LogP contribution < -0.4 is 15.8 Å². The number of nitrogens with two attached hydrogens (primary N) is 1. The summed E-state index contributed by atoms with van der Waals surface area (Å²) in [4.78, 5) is 14.5. The lowest BCUT2D eigenvalue weighted by molar-refractivity contribution is -0.117. The van der Waals surface area contributed by atoms with E-state index in [2.05, 4.69) is 10.2 Å². The van der Waals surface area contributed by atoms with Gasteiger partial charge in [0.15, 0.2) is 0 Å². The molecule has 1 saturated heterocycles. The number of nitrogens with zero attached hydrogens (tertiary/aromatic N) is 1. The van der Waals surface area contributed by atoms with Gasteiger partial charge in [-0.1, -0.05) is 12.1 Å². The molecule has 1 aromatic carbocycles. The van der Waals surface area contributed by atoms with Gasteiger partial charge in [-0.05, 0) is 43.7 Å². The van der Waals surface area contributed by atoms with Gasteiger partial charge < -0.3 is 15.8 Å². The molecular formula is C17H25N3O2. The number of anilines is 1. The predicted molar refractivity (Wildman–Crippen MR) is 86.9 cm³/mol. The van der Waals surface area contributed by atoms with E-state index in [1.807, 2.05) is 31.2 Å². The Bertz CT molecular complexity index is 534. The Morgan fingerprint density at radius 3 is 2.95 bits per heavy atom. The zero-order valence-corrected chi connectivity index (χ0v) is 13.1. The molecule has 0 aromatic heterocycles. The van der Waals surface area contributed by atoms with Crippen molar-refractivity contribution in [2.45, 2.75) is 25.8 Å². The molecule has 5 nitrogen and oxygen atoms in total. The van der Waals surface area contributed by atoms with Gasteiger partial charge in [-0.25, -0.2) is 0 Å². The Labute approximate surface area is 131 Å². The Kier molecular flexibility index (Phi) is 4.64. The van der Waals surface area contributed by atoms with Crippen LogP contribution >= 0.6 is 0 Å². The highest BCUT2D eigenvalue weighted by Gasteiger charge is 2.41. The summed E-state index contributed by atoms with van der Waals surface area (Å²) in [5.41, 5.74) is 6.89. The first kappa shape index (κ1) is 15.3. The molecule has 1 saturated carbocycles. The second-order valence-electron chi connectivity index (χ2n) is 6.34. The molecule has 2 fully saturated rings. The Balaban J connectivity index is 1.55. The second-order valence-corrected chi connectivity index (χ2v) is 6.34. The van der Waals surface area contributed by atoms with Crippen molar-refractivity contribution in [2.24, 2.45) is 17.6 Å². The highest BCUT2D eigenvalue weighted by Crippen LogP contribution is 2.36. The van der Waals surface area contributed by atoms with Gasteiger partial charge in [0, 0.05) is 19.1 Å². The number of hydrogen-bond acceptors (Lipinski definition) is 4. The number of likely N-dealkylation sites (tertiary alicyclic amines) is 1. The average molecular weight is 303 g/mol. The third-order valence-electron chi connectivity index (χ3n) is 4.82. The molecule has 3 unspecified atom stereocenters. The van der Waals surface area contributed by atoms with Crippen LogP contribution in [0.25, 0.3) is 0 Å². The molecule has 22 heavy (non-hydrogen) atoms. The van der Waals surface area contributed by atoms with Crippen molar-refractivity contribution >= 4 is 11.6 Å². The van der Waals surface area contributed by atoms with E-state index in [9.17, 15) is 4.79 Å². The second kappa shape index (κ2) is 6.67. The van der Waals surface area contributed by atoms with Gasteiger partial charge >= 0.3 is 0 Å². The molecule has 2 aliphatic rings. The maximum Gasteiger partial charge on any atom is 0.238 e. The summed E-state index contributed by atoms with van der Waals surface area (Å²) in [5, 5.41) is 2.96. The van der Waals surface area contributed by atoms with Gasteiger partial charge in [0.25, 0.3) is 0 Å². The first-order valence-corrected chi connectivity index (χ1v) is 8.17. The number of carbonyl (C=O) groups is 1. The molecule has 1 heterocycles. The van der Waals surface area contributed by atoms with Crippen molar-refractivity contribution in [3.8, 4) is 5.75 Å². The van der Waals surface area contributed by atoms with E-state index in [1.54, 1.807) is 0 Å². The summed E-state index contributed by atoms with van der Waals surface area (Å²) in [6.45, 7) is 4.90. The van der Waals surface area contributed by atoms with E-state index in [0.717, 1.165) is 30.9 Å². The molecule has 1 aromatic rings. The summed E-state index contributed by atoms with van der Waals surface area (Å²) < 4.78 is 5.54. The van der Waals surface area contributed by atoms with E-state index in [1.165, 1.54) is 6.42 Å². The number of nitrogens with one attached hydrogen (secondary N) is 1. The monoisotopic (exact) mass is 303 g/mol. The lowest BCUT2D eigenvalue weighted by atomic mass is 9.98. The van der Waals surface area contributed by atoms with Gasteiger partial charge in [0.2, 0.25) is 5.91 Å². The fourth-order valence-electron chi connectivity index (χ4n) is 3.77. The zero-order chi connectivity index (χ0) is 15.5. The van der Waals surface area contributed by atoms with Crippen molar-refractivity contribution < 1.29 is 9.53 Å². The van der Waals surface area contributed by atoms with Crippen molar-refractivity contribution in [1.82, 2.24) is 4.90 Å². The number of benzene rings is 1. The highest BCUT2D eigenvalue weighted by molar-refractivity contribution is 5.93. The van der Waals surface area contributed by atoms with Gasteiger partial charge in [-0.2, -0.15) is 0 Å². The van der Waals surface area contributed by atoms with Crippen molar-refractivity contribution in [3.05, 3.63) is 24.3 Å². The molecule has 0 bridgehead atoms. The maximum atomic E-state index is 12.3. The van der Waals surface area contributed by atoms with Crippen LogP contribution in [0.4, 0.5) is 5.69 Å². The number of hydrogen-bond donors (Lipinski definition) is 2. The van der Waals surface area contributed by atoms with Gasteiger partial charge in [0.1, 0.15) is 5.75 Å². The fourth-order valence-corrected chi connectivity index (χ4v) is 3.77. The number of ether oxygens (including phenoxy) is 1. The number of para-hydroxylation sites is 2. The summed E-state index contributed by atoms with van der Waals surface area (Å²) >= 11 is 0. The normalized spacial score (nSPS) is 27.6. The lowest BCUT2D eigenvalue weighted by Crippen LogP contribution is -2.34. The van der Waals surface area contributed by atoms with Crippen molar-refractivity contribution in [3.63, 3.8) is 0 Å². The van der Waals surface area contributed by atoms with Gasteiger partial charge in [-0.3, -0.25) is 9.69 Å². The van der Waals surface area contributed by atoms with Gasteiger partial charge in [0.05, 0.1) is 18.8 Å². The lowest BCUT2D eigenvalue weighted by Gasteiger charge is -2.18. The number of carbonyl (C=O) groups excluding carboxylic acids is 1. The summed E-state index contributed by atoms with van der Waals surface area (Å²) in [7, 11) is 0. The van der Waals surface area contributed by atoms with Crippen LogP contribution in [-0.4, -0.2) is 43.1 Å². The minimum absolute atomic E-state index is 0.0145. The first-order chi connectivity index (χ1) is 10.7. The third-order valence-corrected chi connectivity index (χ3v) is 4.82. The topological polar surface area (TPSA) is 67.6 Å². The standard InChI is InChI=1S/C17H25N3O2/c1-2-22-16-6-4-3-5-15(16)19-17(21)11-20-9-12-7-8-14(18)13(12)10-20/h3-6,12-14H,2,7-11,18H2,1H3,(H,19,21). The van der Waals surface area contributed by atoms with Crippen molar-refractivity contribution in [2.75, 3.05) is 31.6 Å². The van der Waals surface area contributed by atoms with Crippen LogP contribution in [0.2, 0.25) is 0 Å². The predicted octanol–water partition coefficient (Wildman–Crippen LogP) is 1.69. The van der Waals surface area contributed by atoms with Crippen LogP contribution in [0.15, 0.2) is 24.3 Å². The summed E-state index contributed by atoms with van der Waals surface area (Å²) in [6.07, 6.45) is 2.34. The highest BCUT2D eigenvalue weighted by atomic mass is 16.5. The Hall–Kier alpha value is -1.59. The summed E-state index contributed by atoms with van der Waals surface area (Å²) in [6, 6.07) is 7.87. The Morgan fingerprint density at radius 2 is 2.18 bits per heavy atom. The quantitative estimate of drug-likeness (QED) is 0.868. The maximum absolute atomic E-state index is 12.3. The Morgan fingerprint density at radius 1 is 1.36 bits per heavy atom. The minimum atomic E-state index is 0.0145. The van der Waals surface area contributed by atoms with Crippen LogP contribution in [0, 0.1) is 11.8 Å². The van der Waals surface area contributed by atoms with Crippen LogP contribution in [0.3, 0.4) is 0 Å². The molecule has 1 aliphatic carbocycles. The van der Waals surface area contributed by atoms with E-state index in [4.69, 9.17) is 10.5 Å². The first-order valence-electron chi connectivity index (χ1n) is 8.17. The molecule has 3 atom stereocenters. The SMILES string of the molecule is CCOc1ccccc1NC(=O)CN1CC2CCC(N)C2C1. The third kappa shape index (κ3) is 3.25. The van der Waals surface area contributed by atoms with E-state index in [-0.39, 0.29) is 5.91 Å². The molecule has 1 amide bonds. The van der Waals surface area contributed by atoms with Crippen LogP contribution in [0.1, 0.15) is 19.8 Å². The largest absolute Gasteiger partial charge is 0.492 e. The number of fused-ring (bicyclic) bond motifs is 1. The molecule has 0 spiro atoms. The minimum Gasteiger partial charge on any atom is -0.492 e. The number of rotatable bonds is 5. The van der Waals surface area contributed by atoms with Gasteiger partial charge in [-0.15, -0.1) is 0 Å². The van der Waals surface area contributed by atoms with E-state index in [0.29, 0.717) is 31.0 Å². The average Bonchev–Trinajstić information content (AvgIpc) is 3.03. The molecule has 1 aliphatic heterocycles. The smallest absolute Gasteiger partial charge is 0.238 e. The van der Waals surface area contributed by atoms with Crippen LogP contribution in [-0.2, 0) is 4.79 Å². The molecule has 5 heteroatoms. The molecule has 3 N–H and O–H groups in total. The summed E-state index contributed by atoms with van der Waals surface area (Å²) in [5.74, 6) is 1.99. The number of amides is 1. The molecular weight excluding hydrogens is 278 g/mol. The zero-order valence-electron chi connectivity index (χ0n) is 13.1. The molecule has 0 radical (unpaired) electrons. The molecule has 3 rings (SSSR count). The van der Waals surface area contributed by atoms with E-state index >= 15 is 0 Å². The molecule has 120 valence electrons. The van der Waals surface area contributed by atoms with Crippen molar-refractivity contribution in [1.29, 1.82) is 0 Å². The fraction of sp³-hybridized carbons (Fsp3) is 0.588.